The van der Waals surface area contributed by atoms with E-state index in [2.05, 4.69) is 9.97 Å². The molecule has 0 amide bonds. The zero-order valence-corrected chi connectivity index (χ0v) is 12.6. The number of furan rings is 1. The third-order valence-electron chi connectivity index (χ3n) is 4.14. The molecule has 6 nitrogen and oxygen atoms in total. The Balaban J connectivity index is 2.05. The minimum absolute atomic E-state index is 0.200. The van der Waals surface area contributed by atoms with Gasteiger partial charge in [-0.05, 0) is 33.8 Å². The quantitative estimate of drug-likeness (QED) is 0.845. The maximum atomic E-state index is 6.06. The van der Waals surface area contributed by atoms with Gasteiger partial charge >= 0.3 is 7.12 Å². The largest absolute Gasteiger partial charge is 0.498 e. The van der Waals surface area contributed by atoms with Gasteiger partial charge in [-0.25, -0.2) is 9.97 Å². The average molecular weight is 287 g/mol. The van der Waals surface area contributed by atoms with Crippen LogP contribution >= 0.6 is 0 Å². The van der Waals surface area contributed by atoms with Crippen LogP contribution in [0.4, 0.5) is 5.95 Å². The lowest BCUT2D eigenvalue weighted by Gasteiger charge is -2.32. The van der Waals surface area contributed by atoms with Gasteiger partial charge in [0.15, 0.2) is 0 Å². The predicted octanol–water partition coefficient (Wildman–Crippen LogP) is 1.62. The molecule has 0 bridgehead atoms. The average Bonchev–Trinajstić information content (AvgIpc) is 2.96. The third-order valence-corrected chi connectivity index (χ3v) is 4.14. The Morgan fingerprint density at radius 2 is 1.81 bits per heavy atom. The van der Waals surface area contributed by atoms with Crippen molar-refractivity contribution in [1.29, 1.82) is 0 Å². The Morgan fingerprint density at radius 3 is 2.38 bits per heavy atom. The molecule has 1 fully saturated rings. The lowest BCUT2D eigenvalue weighted by molar-refractivity contribution is 0.00578. The molecule has 0 saturated carbocycles. The highest BCUT2D eigenvalue weighted by molar-refractivity contribution is 6.63. The highest BCUT2D eigenvalue weighted by Gasteiger charge is 2.52. The molecule has 2 N–H and O–H groups in total. The Hall–Kier alpha value is -1.86. The van der Waals surface area contributed by atoms with E-state index >= 15 is 0 Å². The summed E-state index contributed by atoms with van der Waals surface area (Å²) in [6.07, 6.45) is 4.84. The van der Waals surface area contributed by atoms with Gasteiger partial charge in [-0.15, -0.1) is 0 Å². The van der Waals surface area contributed by atoms with Gasteiger partial charge in [0, 0.05) is 17.2 Å². The first kappa shape index (κ1) is 14.1. The molecule has 0 aliphatic carbocycles. The van der Waals surface area contributed by atoms with Crippen molar-refractivity contribution in [2.75, 3.05) is 5.73 Å². The summed E-state index contributed by atoms with van der Waals surface area (Å²) in [6.45, 7) is 8.01. The minimum atomic E-state index is -0.541. The van der Waals surface area contributed by atoms with Crippen LogP contribution in [0, 0.1) is 0 Å². The third kappa shape index (κ3) is 2.32. The molecule has 3 rings (SSSR count). The lowest BCUT2D eigenvalue weighted by Crippen LogP contribution is -2.41. The van der Waals surface area contributed by atoms with E-state index in [4.69, 9.17) is 19.5 Å². The zero-order chi connectivity index (χ0) is 15.3. The van der Waals surface area contributed by atoms with Crippen LogP contribution < -0.4 is 11.2 Å². The van der Waals surface area contributed by atoms with Gasteiger partial charge in [-0.1, -0.05) is 0 Å². The van der Waals surface area contributed by atoms with Gasteiger partial charge in [-0.3, -0.25) is 0 Å². The monoisotopic (exact) mass is 287 g/mol. The molecule has 0 atom stereocenters. The molecule has 1 saturated heterocycles. The summed E-state index contributed by atoms with van der Waals surface area (Å²) in [5.41, 5.74) is 7.07. The van der Waals surface area contributed by atoms with Crippen LogP contribution in [0.2, 0.25) is 0 Å². The molecule has 0 spiro atoms. The summed E-state index contributed by atoms with van der Waals surface area (Å²) in [6, 6.07) is 1.82. The first-order chi connectivity index (χ1) is 9.80. The van der Waals surface area contributed by atoms with E-state index in [0.717, 1.165) is 11.0 Å². The Labute approximate surface area is 123 Å². The van der Waals surface area contributed by atoms with Gasteiger partial charge in [0.2, 0.25) is 5.95 Å². The maximum Gasteiger partial charge on any atom is 0.498 e. The summed E-state index contributed by atoms with van der Waals surface area (Å²) in [5.74, 6) is 0.200. The number of nitrogen functional groups attached to an aromatic ring is 1. The number of nitrogens with two attached hydrogens (primary N) is 1. The van der Waals surface area contributed by atoms with Crippen molar-refractivity contribution in [3.63, 3.8) is 0 Å². The fourth-order valence-corrected chi connectivity index (χ4v) is 2.18. The van der Waals surface area contributed by atoms with Crippen molar-refractivity contribution < 1.29 is 13.7 Å². The summed E-state index contributed by atoms with van der Waals surface area (Å²) in [5, 5.41) is 0. The van der Waals surface area contributed by atoms with Crippen molar-refractivity contribution in [3.05, 3.63) is 24.8 Å². The smallest absolute Gasteiger partial charge is 0.472 e. The van der Waals surface area contributed by atoms with Crippen LogP contribution in [0.1, 0.15) is 27.7 Å². The van der Waals surface area contributed by atoms with E-state index in [1.54, 1.807) is 18.7 Å². The lowest BCUT2D eigenvalue weighted by atomic mass is 9.78. The molecule has 2 aromatic heterocycles. The predicted molar refractivity (Wildman–Crippen MR) is 79.9 cm³/mol. The molecule has 0 radical (unpaired) electrons. The molecular formula is C14H18BN3O3. The second-order valence-electron chi connectivity index (χ2n) is 6.13. The summed E-state index contributed by atoms with van der Waals surface area (Å²) >= 11 is 0. The van der Waals surface area contributed by atoms with Crippen LogP contribution in [-0.4, -0.2) is 28.3 Å². The normalized spacial score (nSPS) is 19.9. The Morgan fingerprint density at radius 1 is 1.14 bits per heavy atom. The SMILES string of the molecule is CC1(C)OB(c2cnc(N)nc2-c2ccoc2)OC1(C)C. The van der Waals surface area contributed by atoms with Crippen molar-refractivity contribution in [2.24, 2.45) is 0 Å². The van der Waals surface area contributed by atoms with Crippen LogP contribution in [0.5, 0.6) is 0 Å². The number of hydrogen-bond acceptors (Lipinski definition) is 6. The van der Waals surface area contributed by atoms with E-state index in [1.165, 1.54) is 0 Å². The van der Waals surface area contributed by atoms with Crippen molar-refractivity contribution >= 4 is 18.5 Å². The second-order valence-corrected chi connectivity index (χ2v) is 6.13. The van der Waals surface area contributed by atoms with E-state index in [1.807, 2.05) is 33.8 Å². The zero-order valence-electron chi connectivity index (χ0n) is 12.6. The van der Waals surface area contributed by atoms with Crippen molar-refractivity contribution in [3.8, 4) is 11.3 Å². The van der Waals surface area contributed by atoms with Crippen LogP contribution in [0.15, 0.2) is 29.2 Å². The highest BCUT2D eigenvalue weighted by atomic mass is 16.7. The standard InChI is InChI=1S/C14H18BN3O3/c1-13(2)14(3,4)21-15(20-13)10-7-17-12(16)18-11(10)9-5-6-19-8-9/h5-8H,1-4H3,(H2,16,17,18). The molecule has 1 aliphatic heterocycles. The first-order valence-electron chi connectivity index (χ1n) is 6.81. The van der Waals surface area contributed by atoms with E-state index in [-0.39, 0.29) is 5.95 Å². The summed E-state index contributed by atoms with van der Waals surface area (Å²) in [7, 11) is -0.541. The number of rotatable bonds is 2. The summed E-state index contributed by atoms with van der Waals surface area (Å²) < 4.78 is 17.2. The van der Waals surface area contributed by atoms with Gasteiger partial charge in [0.1, 0.15) is 0 Å². The molecular weight excluding hydrogens is 269 g/mol. The molecule has 0 aromatic carbocycles. The molecule has 21 heavy (non-hydrogen) atoms. The van der Waals surface area contributed by atoms with Gasteiger partial charge in [0.05, 0.1) is 29.4 Å². The molecule has 110 valence electrons. The molecule has 1 aliphatic rings. The second kappa shape index (κ2) is 4.57. The van der Waals surface area contributed by atoms with Gasteiger partial charge < -0.3 is 19.5 Å². The first-order valence-corrected chi connectivity index (χ1v) is 6.81. The van der Waals surface area contributed by atoms with Crippen LogP contribution in [-0.2, 0) is 9.31 Å². The van der Waals surface area contributed by atoms with E-state index < -0.39 is 18.3 Å². The van der Waals surface area contributed by atoms with Crippen LogP contribution in [0.25, 0.3) is 11.3 Å². The fourth-order valence-electron chi connectivity index (χ4n) is 2.18. The Kier molecular flexibility index (Phi) is 3.07. The highest BCUT2D eigenvalue weighted by Crippen LogP contribution is 2.37. The molecule has 2 aromatic rings. The number of anilines is 1. The number of hydrogen-bond donors (Lipinski definition) is 1. The van der Waals surface area contributed by atoms with E-state index in [0.29, 0.717) is 5.69 Å². The Bertz CT molecular complexity index is 639. The maximum absolute atomic E-state index is 6.06. The molecule has 0 unspecified atom stereocenters. The topological polar surface area (TPSA) is 83.4 Å². The van der Waals surface area contributed by atoms with Crippen molar-refractivity contribution in [1.82, 2.24) is 9.97 Å². The van der Waals surface area contributed by atoms with Gasteiger partial charge in [0.25, 0.3) is 0 Å². The fraction of sp³-hybridized carbons (Fsp3) is 0.429. The molecule has 3 heterocycles. The van der Waals surface area contributed by atoms with E-state index in [9.17, 15) is 0 Å². The minimum Gasteiger partial charge on any atom is -0.472 e. The van der Waals surface area contributed by atoms with Crippen molar-refractivity contribution in [2.45, 2.75) is 38.9 Å². The number of aromatic nitrogens is 2. The number of nitrogens with zero attached hydrogens (tertiary/aromatic N) is 2. The van der Waals surface area contributed by atoms with Gasteiger partial charge in [-0.2, -0.15) is 0 Å². The molecule has 7 heteroatoms. The van der Waals surface area contributed by atoms with Crippen LogP contribution in [0.3, 0.4) is 0 Å². The summed E-state index contributed by atoms with van der Waals surface area (Å²) in [4.78, 5) is 8.37.